The van der Waals surface area contributed by atoms with Gasteiger partial charge in [0.1, 0.15) is 11.6 Å². The minimum absolute atomic E-state index is 0.225. The number of carbonyl (C=O) groups is 1. The van der Waals surface area contributed by atoms with E-state index < -0.39 is 0 Å². The number of hydrogen-bond donors (Lipinski definition) is 2. The topological polar surface area (TPSA) is 87.0 Å². The van der Waals surface area contributed by atoms with E-state index in [9.17, 15) is 4.79 Å². The molecule has 1 aromatic heterocycles. The van der Waals surface area contributed by atoms with Gasteiger partial charge in [0.2, 0.25) is 0 Å². The molecule has 0 bridgehead atoms. The molecule has 0 fully saturated rings. The van der Waals surface area contributed by atoms with Crippen molar-refractivity contribution in [1.29, 1.82) is 5.26 Å². The second-order valence-corrected chi connectivity index (χ2v) is 5.43. The highest BCUT2D eigenvalue weighted by Crippen LogP contribution is 2.18. The number of rotatable bonds is 5. The number of nitrogens with zero attached hydrogens (tertiary/aromatic N) is 2. The fraction of sp³-hybridized carbons (Fsp3) is 0.0500. The molecule has 6 heteroatoms. The molecule has 0 aliphatic rings. The van der Waals surface area contributed by atoms with Crippen molar-refractivity contribution in [1.82, 2.24) is 4.98 Å². The summed E-state index contributed by atoms with van der Waals surface area (Å²) in [5.41, 5.74) is 2.45. The van der Waals surface area contributed by atoms with Crippen molar-refractivity contribution in [2.45, 2.75) is 0 Å². The van der Waals surface area contributed by atoms with Gasteiger partial charge in [-0.25, -0.2) is 4.98 Å². The van der Waals surface area contributed by atoms with E-state index >= 15 is 0 Å². The average molecular weight is 344 g/mol. The molecular formula is C20H16N4O2. The van der Waals surface area contributed by atoms with Gasteiger partial charge in [-0.05, 0) is 54.6 Å². The van der Waals surface area contributed by atoms with Crippen LogP contribution in [0.15, 0.2) is 66.9 Å². The zero-order valence-electron chi connectivity index (χ0n) is 14.1. The van der Waals surface area contributed by atoms with Crippen molar-refractivity contribution in [3.63, 3.8) is 0 Å². The molecule has 0 aliphatic heterocycles. The Morgan fingerprint density at radius 1 is 1.08 bits per heavy atom. The highest BCUT2D eigenvalue weighted by atomic mass is 16.5. The van der Waals surface area contributed by atoms with Crippen LogP contribution in [0.3, 0.4) is 0 Å². The van der Waals surface area contributed by atoms with E-state index in [0.29, 0.717) is 28.4 Å². The van der Waals surface area contributed by atoms with Crippen LogP contribution >= 0.6 is 0 Å². The van der Waals surface area contributed by atoms with Gasteiger partial charge < -0.3 is 15.4 Å². The first kappa shape index (κ1) is 17.0. The summed E-state index contributed by atoms with van der Waals surface area (Å²) >= 11 is 0. The second-order valence-electron chi connectivity index (χ2n) is 5.43. The molecule has 1 amide bonds. The molecule has 3 rings (SSSR count). The summed E-state index contributed by atoms with van der Waals surface area (Å²) in [6, 6.07) is 19.6. The summed E-state index contributed by atoms with van der Waals surface area (Å²) < 4.78 is 5.08. The smallest absolute Gasteiger partial charge is 0.255 e. The molecule has 0 unspecified atom stereocenters. The largest absolute Gasteiger partial charge is 0.497 e. The number of nitriles is 1. The lowest BCUT2D eigenvalue weighted by molar-refractivity contribution is 0.102. The highest BCUT2D eigenvalue weighted by Gasteiger charge is 2.07. The molecule has 0 saturated carbocycles. The zero-order valence-corrected chi connectivity index (χ0v) is 14.1. The fourth-order valence-corrected chi connectivity index (χ4v) is 2.30. The van der Waals surface area contributed by atoms with Crippen molar-refractivity contribution in [2.24, 2.45) is 0 Å². The molecule has 0 aliphatic carbocycles. The average Bonchev–Trinajstić information content (AvgIpc) is 2.69. The minimum Gasteiger partial charge on any atom is -0.497 e. The van der Waals surface area contributed by atoms with Crippen LogP contribution in [-0.4, -0.2) is 18.0 Å². The number of methoxy groups -OCH3 is 1. The number of pyridine rings is 1. The standard InChI is InChI=1S/C20H16N4O2/c1-26-18-8-5-15(6-9-18)20(25)24-17-7-10-19(22-13-17)23-16-4-2-3-14(11-16)12-21/h2-11,13H,1H3,(H,22,23)(H,24,25). The number of ether oxygens (including phenoxy) is 1. The molecule has 2 N–H and O–H groups in total. The third-order valence-electron chi connectivity index (χ3n) is 3.64. The van der Waals surface area contributed by atoms with Crippen molar-refractivity contribution in [3.8, 4) is 11.8 Å². The molecule has 3 aromatic rings. The molecule has 0 atom stereocenters. The van der Waals surface area contributed by atoms with E-state index in [1.165, 1.54) is 0 Å². The monoisotopic (exact) mass is 344 g/mol. The molecule has 1 heterocycles. The summed E-state index contributed by atoms with van der Waals surface area (Å²) in [6.07, 6.45) is 1.57. The Hall–Kier alpha value is -3.85. The van der Waals surface area contributed by atoms with Gasteiger partial charge in [-0.3, -0.25) is 4.79 Å². The molecule has 0 radical (unpaired) electrons. The predicted octanol–water partition coefficient (Wildman–Crippen LogP) is 3.96. The van der Waals surface area contributed by atoms with Gasteiger partial charge in [0.05, 0.1) is 30.6 Å². The van der Waals surface area contributed by atoms with E-state index in [1.807, 2.05) is 6.07 Å². The van der Waals surface area contributed by atoms with Crippen LogP contribution in [-0.2, 0) is 0 Å². The van der Waals surface area contributed by atoms with Crippen LogP contribution in [0, 0.1) is 11.3 Å². The summed E-state index contributed by atoms with van der Waals surface area (Å²) in [5.74, 6) is 1.08. The zero-order chi connectivity index (χ0) is 18.4. The van der Waals surface area contributed by atoms with Gasteiger partial charge in [0.15, 0.2) is 0 Å². The highest BCUT2D eigenvalue weighted by molar-refractivity contribution is 6.04. The minimum atomic E-state index is -0.225. The van der Waals surface area contributed by atoms with Crippen LogP contribution in [0.2, 0.25) is 0 Å². The van der Waals surface area contributed by atoms with Crippen molar-refractivity contribution in [2.75, 3.05) is 17.7 Å². The first-order valence-corrected chi connectivity index (χ1v) is 7.86. The van der Waals surface area contributed by atoms with Crippen LogP contribution in [0.4, 0.5) is 17.2 Å². The number of amides is 1. The van der Waals surface area contributed by atoms with Crippen LogP contribution in [0.5, 0.6) is 5.75 Å². The van der Waals surface area contributed by atoms with E-state index in [4.69, 9.17) is 10.00 Å². The SMILES string of the molecule is COc1ccc(C(=O)Nc2ccc(Nc3cccc(C#N)c3)nc2)cc1. The van der Waals surface area contributed by atoms with Crippen LogP contribution in [0.1, 0.15) is 15.9 Å². The number of carbonyl (C=O) groups excluding carboxylic acids is 1. The van der Waals surface area contributed by atoms with Gasteiger partial charge >= 0.3 is 0 Å². The molecule has 0 spiro atoms. The quantitative estimate of drug-likeness (QED) is 0.731. The van der Waals surface area contributed by atoms with E-state index in [-0.39, 0.29) is 5.91 Å². The fourth-order valence-electron chi connectivity index (χ4n) is 2.30. The third kappa shape index (κ3) is 4.16. The summed E-state index contributed by atoms with van der Waals surface area (Å²) in [6.45, 7) is 0. The molecule has 0 saturated heterocycles. The maximum absolute atomic E-state index is 12.2. The van der Waals surface area contributed by atoms with Gasteiger partial charge in [0.25, 0.3) is 5.91 Å². The predicted molar refractivity (Wildman–Crippen MR) is 99.6 cm³/mol. The first-order chi connectivity index (χ1) is 12.7. The lowest BCUT2D eigenvalue weighted by atomic mass is 10.2. The molecule has 2 aromatic carbocycles. The number of nitrogens with one attached hydrogen (secondary N) is 2. The lowest BCUT2D eigenvalue weighted by Gasteiger charge is -2.08. The Morgan fingerprint density at radius 3 is 2.54 bits per heavy atom. The maximum atomic E-state index is 12.2. The van der Waals surface area contributed by atoms with Crippen molar-refractivity contribution < 1.29 is 9.53 Å². The van der Waals surface area contributed by atoms with Crippen molar-refractivity contribution in [3.05, 3.63) is 78.0 Å². The molecular weight excluding hydrogens is 328 g/mol. The normalized spacial score (nSPS) is 9.85. The number of anilines is 3. The van der Waals surface area contributed by atoms with E-state index in [1.54, 1.807) is 67.9 Å². The Bertz CT molecular complexity index is 945. The lowest BCUT2D eigenvalue weighted by Crippen LogP contribution is -2.12. The van der Waals surface area contributed by atoms with Crippen LogP contribution < -0.4 is 15.4 Å². The number of aromatic nitrogens is 1. The summed E-state index contributed by atoms with van der Waals surface area (Å²) in [7, 11) is 1.58. The Morgan fingerprint density at radius 2 is 1.88 bits per heavy atom. The van der Waals surface area contributed by atoms with Crippen LogP contribution in [0.25, 0.3) is 0 Å². The Balaban J connectivity index is 1.65. The molecule has 128 valence electrons. The molecule has 6 nitrogen and oxygen atoms in total. The maximum Gasteiger partial charge on any atom is 0.255 e. The number of benzene rings is 2. The van der Waals surface area contributed by atoms with Gasteiger partial charge in [-0.1, -0.05) is 6.07 Å². The van der Waals surface area contributed by atoms with E-state index in [0.717, 1.165) is 5.69 Å². The van der Waals surface area contributed by atoms with Gasteiger partial charge in [-0.15, -0.1) is 0 Å². The van der Waals surface area contributed by atoms with Gasteiger partial charge in [-0.2, -0.15) is 5.26 Å². The second kappa shape index (κ2) is 7.81. The van der Waals surface area contributed by atoms with Crippen molar-refractivity contribution >= 4 is 23.1 Å². The summed E-state index contributed by atoms with van der Waals surface area (Å²) in [5, 5.41) is 14.8. The van der Waals surface area contributed by atoms with Gasteiger partial charge in [0, 0.05) is 11.3 Å². The van der Waals surface area contributed by atoms with E-state index in [2.05, 4.69) is 21.7 Å². The third-order valence-corrected chi connectivity index (χ3v) is 3.64. The molecule has 26 heavy (non-hydrogen) atoms. The number of hydrogen-bond acceptors (Lipinski definition) is 5. The summed E-state index contributed by atoms with van der Waals surface area (Å²) in [4.78, 5) is 16.5. The first-order valence-electron chi connectivity index (χ1n) is 7.86. The Labute approximate surface area is 151 Å². The Kier molecular flexibility index (Phi) is 5.11.